The Bertz CT molecular complexity index is 969. The van der Waals surface area contributed by atoms with Gasteiger partial charge in [0.25, 0.3) is 0 Å². The summed E-state index contributed by atoms with van der Waals surface area (Å²) in [4.78, 5) is 36.8. The van der Waals surface area contributed by atoms with Crippen LogP contribution in [0.5, 0.6) is 5.75 Å². The molecule has 1 aromatic rings. The number of carbonyl (C=O) groups is 2. The summed E-state index contributed by atoms with van der Waals surface area (Å²) in [7, 11) is 0. The molecule has 36 heavy (non-hydrogen) atoms. The molecule has 5 aliphatic rings. The van der Waals surface area contributed by atoms with E-state index in [0.717, 1.165) is 31.2 Å². The Morgan fingerprint density at radius 2 is 1.86 bits per heavy atom. The number of benzene rings is 1. The van der Waals surface area contributed by atoms with Gasteiger partial charge in [-0.3, -0.25) is 9.59 Å². The van der Waals surface area contributed by atoms with Crippen LogP contribution < -0.4 is 5.32 Å². The van der Waals surface area contributed by atoms with E-state index >= 15 is 0 Å². The highest BCUT2D eigenvalue weighted by atomic mass is 17.3. The minimum atomic E-state index is -0.884. The lowest BCUT2D eigenvalue weighted by atomic mass is 9.58. The molecule has 9 heteroatoms. The summed E-state index contributed by atoms with van der Waals surface area (Å²) < 4.78 is 18.3. The van der Waals surface area contributed by atoms with Crippen molar-refractivity contribution in [3.05, 3.63) is 29.8 Å². The van der Waals surface area contributed by atoms with E-state index in [9.17, 15) is 14.7 Å². The van der Waals surface area contributed by atoms with Gasteiger partial charge in [0.05, 0.1) is 6.42 Å². The fourth-order valence-electron chi connectivity index (χ4n) is 6.51. The van der Waals surface area contributed by atoms with E-state index in [-0.39, 0.29) is 42.3 Å². The van der Waals surface area contributed by atoms with Gasteiger partial charge in [-0.15, -0.1) is 0 Å². The lowest BCUT2D eigenvalue weighted by molar-refractivity contribution is -0.576. The molecule has 1 amide bonds. The van der Waals surface area contributed by atoms with Crippen molar-refractivity contribution in [1.29, 1.82) is 0 Å². The van der Waals surface area contributed by atoms with Gasteiger partial charge in [0.1, 0.15) is 5.75 Å². The number of hydrogen-bond acceptors (Lipinski definition) is 8. The van der Waals surface area contributed by atoms with Crippen molar-refractivity contribution in [2.75, 3.05) is 6.54 Å². The molecule has 4 saturated heterocycles. The summed E-state index contributed by atoms with van der Waals surface area (Å²) in [5.74, 6) is -0.693. The van der Waals surface area contributed by atoms with Gasteiger partial charge in [-0.2, -0.15) is 0 Å². The van der Waals surface area contributed by atoms with Crippen molar-refractivity contribution in [3.63, 3.8) is 0 Å². The van der Waals surface area contributed by atoms with E-state index in [1.54, 1.807) is 12.1 Å². The van der Waals surface area contributed by atoms with Crippen LogP contribution in [0.3, 0.4) is 0 Å². The normalized spacial score (nSPS) is 39.1. The number of nitrogens with one attached hydrogen (secondary N) is 1. The first-order chi connectivity index (χ1) is 17.2. The van der Waals surface area contributed by atoms with Gasteiger partial charge in [-0.1, -0.05) is 26.0 Å². The highest BCUT2D eigenvalue weighted by Gasteiger charge is 2.69. The predicted octanol–water partition coefficient (Wildman–Crippen LogP) is 3.58. The number of hydrogen-bond donors (Lipinski definition) is 2. The minimum absolute atomic E-state index is 0.0318. The van der Waals surface area contributed by atoms with Crippen LogP contribution >= 0.6 is 0 Å². The maximum Gasteiger partial charge on any atom is 0.308 e. The van der Waals surface area contributed by atoms with Crippen molar-refractivity contribution >= 4 is 11.9 Å². The summed E-state index contributed by atoms with van der Waals surface area (Å²) in [5, 5.41) is 12.2. The molecule has 9 nitrogen and oxygen atoms in total. The molecule has 8 atom stereocenters. The standard InChI is InChI=1S/C27H37NO8/c1-16-4-9-21-17(2)24(33-25-27(21)20(16)12-14-26(3,34-25)35-36-27)32-23(31)11-10-22(30)28-15-13-18-5-7-19(29)8-6-18/h5-8,16-17,20-21,24-25,29H,4,9-15H2,1-3H3,(H,28,30)/t16-,17-,20+,21+,24-,25-,26+,27?/m1/s1. The van der Waals surface area contributed by atoms with Gasteiger partial charge < -0.3 is 24.6 Å². The molecule has 0 radical (unpaired) electrons. The number of carbonyl (C=O) groups excluding carboxylic acids is 2. The zero-order chi connectivity index (χ0) is 25.5. The number of aromatic hydroxyl groups is 1. The fraction of sp³-hybridized carbons (Fsp3) is 0.704. The number of rotatable bonds is 7. The van der Waals surface area contributed by atoms with Crippen LogP contribution in [0.4, 0.5) is 0 Å². The largest absolute Gasteiger partial charge is 0.508 e. The number of phenols is 1. The first-order valence-electron chi connectivity index (χ1n) is 13.1. The number of amides is 1. The monoisotopic (exact) mass is 503 g/mol. The molecule has 198 valence electrons. The first kappa shape index (κ1) is 25.4. The quantitative estimate of drug-likeness (QED) is 0.429. The van der Waals surface area contributed by atoms with E-state index in [1.807, 2.05) is 26.0 Å². The molecule has 1 spiro atoms. The maximum atomic E-state index is 12.7. The second-order valence-electron chi connectivity index (χ2n) is 11.0. The lowest BCUT2D eigenvalue weighted by Crippen LogP contribution is -2.70. The van der Waals surface area contributed by atoms with E-state index in [4.69, 9.17) is 24.0 Å². The van der Waals surface area contributed by atoms with Gasteiger partial charge in [0.15, 0.2) is 11.9 Å². The third-order valence-corrected chi connectivity index (χ3v) is 8.57. The molecule has 0 aromatic heterocycles. The molecule has 1 unspecified atom stereocenters. The van der Waals surface area contributed by atoms with E-state index in [0.29, 0.717) is 18.9 Å². The third-order valence-electron chi connectivity index (χ3n) is 8.57. The van der Waals surface area contributed by atoms with Crippen molar-refractivity contribution in [2.24, 2.45) is 23.7 Å². The third kappa shape index (κ3) is 4.74. The Morgan fingerprint density at radius 3 is 2.64 bits per heavy atom. The second kappa shape index (κ2) is 9.93. The van der Waals surface area contributed by atoms with Crippen LogP contribution in [0.2, 0.25) is 0 Å². The van der Waals surface area contributed by atoms with Gasteiger partial charge >= 0.3 is 5.97 Å². The Labute approximate surface area is 211 Å². The summed E-state index contributed by atoms with van der Waals surface area (Å²) in [6.07, 6.45) is 2.85. The van der Waals surface area contributed by atoms with Crippen LogP contribution in [-0.4, -0.2) is 47.5 Å². The Morgan fingerprint density at radius 1 is 1.08 bits per heavy atom. The molecule has 2 bridgehead atoms. The molecule has 1 saturated carbocycles. The molecule has 5 fully saturated rings. The average Bonchev–Trinajstić information content (AvgIpc) is 3.08. The van der Waals surface area contributed by atoms with Gasteiger partial charge in [0.2, 0.25) is 18.0 Å². The molecular formula is C27H37NO8. The number of ether oxygens (including phenoxy) is 3. The van der Waals surface area contributed by atoms with Crippen LogP contribution in [0.25, 0.3) is 0 Å². The summed E-state index contributed by atoms with van der Waals surface area (Å²) in [6, 6.07) is 6.85. The zero-order valence-electron chi connectivity index (χ0n) is 21.2. The molecular weight excluding hydrogens is 466 g/mol. The van der Waals surface area contributed by atoms with Crippen molar-refractivity contribution < 1.29 is 38.7 Å². The highest BCUT2D eigenvalue weighted by molar-refractivity contribution is 5.81. The Balaban J connectivity index is 1.15. The summed E-state index contributed by atoms with van der Waals surface area (Å²) in [6.45, 7) is 6.59. The topological polar surface area (TPSA) is 113 Å². The smallest absolute Gasteiger partial charge is 0.308 e. The van der Waals surface area contributed by atoms with Gasteiger partial charge in [-0.25, -0.2) is 9.78 Å². The van der Waals surface area contributed by atoms with Crippen molar-refractivity contribution in [1.82, 2.24) is 5.32 Å². The predicted molar refractivity (Wildman–Crippen MR) is 127 cm³/mol. The Kier molecular flexibility index (Phi) is 7.02. The maximum absolute atomic E-state index is 12.7. The number of esters is 1. The second-order valence-corrected chi connectivity index (χ2v) is 11.0. The fourth-order valence-corrected chi connectivity index (χ4v) is 6.51. The van der Waals surface area contributed by atoms with E-state index in [1.165, 1.54) is 0 Å². The van der Waals surface area contributed by atoms with Crippen LogP contribution in [0, 0.1) is 23.7 Å². The molecule has 4 heterocycles. The average molecular weight is 504 g/mol. The summed E-state index contributed by atoms with van der Waals surface area (Å²) >= 11 is 0. The van der Waals surface area contributed by atoms with Crippen LogP contribution in [0.15, 0.2) is 24.3 Å². The minimum Gasteiger partial charge on any atom is -0.508 e. The molecule has 6 rings (SSSR count). The highest BCUT2D eigenvalue weighted by Crippen LogP contribution is 2.60. The van der Waals surface area contributed by atoms with Crippen LogP contribution in [-0.2, 0) is 40.0 Å². The molecule has 1 aliphatic carbocycles. The van der Waals surface area contributed by atoms with Gasteiger partial charge in [-0.05, 0) is 62.1 Å². The first-order valence-corrected chi connectivity index (χ1v) is 13.1. The molecule has 1 aromatic carbocycles. The number of phenolic OH excluding ortho intramolecular Hbond substituents is 1. The van der Waals surface area contributed by atoms with E-state index < -0.39 is 29.9 Å². The van der Waals surface area contributed by atoms with Crippen molar-refractivity contribution in [3.8, 4) is 5.75 Å². The number of fused-ring (bicyclic) bond motifs is 2. The Hall–Kier alpha value is -2.20. The summed E-state index contributed by atoms with van der Waals surface area (Å²) in [5.41, 5.74) is 0.304. The van der Waals surface area contributed by atoms with Crippen LogP contribution in [0.1, 0.15) is 64.9 Å². The molecule has 2 N–H and O–H groups in total. The SMILES string of the molecule is C[C@H]1[C@H](OC(=O)CCC(=O)NCCc2ccc(O)cc2)O[C@@H]2O[C@]3(C)CC[C@H]4[C@H](C)CC[C@@H]1C24OO3. The zero-order valence-corrected chi connectivity index (χ0v) is 21.2. The lowest BCUT2D eigenvalue weighted by Gasteiger charge is -2.59. The van der Waals surface area contributed by atoms with Crippen molar-refractivity contribution in [2.45, 2.75) is 89.7 Å². The van der Waals surface area contributed by atoms with Gasteiger partial charge in [0, 0.05) is 31.2 Å². The van der Waals surface area contributed by atoms with E-state index in [2.05, 4.69) is 12.2 Å². The molecule has 4 aliphatic heterocycles.